The van der Waals surface area contributed by atoms with E-state index in [1.54, 1.807) is 4.90 Å². The van der Waals surface area contributed by atoms with Gasteiger partial charge in [0, 0.05) is 26.2 Å². The number of nitrogens with zero attached hydrogens (tertiary/aromatic N) is 2. The van der Waals surface area contributed by atoms with Crippen LogP contribution in [0.5, 0.6) is 5.75 Å². The topological polar surface area (TPSA) is 42.0 Å². The monoisotopic (exact) mass is 416 g/mol. The quantitative estimate of drug-likeness (QED) is 0.336. The zero-order chi connectivity index (χ0) is 21.8. The first-order valence-electron chi connectivity index (χ1n) is 11.4. The predicted octanol–water partition coefficient (Wildman–Crippen LogP) is 5.43. The van der Waals surface area contributed by atoms with Crippen LogP contribution in [0.25, 0.3) is 0 Å². The largest absolute Gasteiger partial charge is 0.415 e. The highest BCUT2D eigenvalue weighted by Crippen LogP contribution is 2.25. The lowest BCUT2D eigenvalue weighted by molar-refractivity contribution is 0.0104. The van der Waals surface area contributed by atoms with Crippen LogP contribution in [0.4, 0.5) is 4.79 Å². The van der Waals surface area contributed by atoms with E-state index in [1.807, 2.05) is 44.3 Å². The lowest BCUT2D eigenvalue weighted by Gasteiger charge is -2.34. The molecule has 0 N–H and O–H groups in total. The highest BCUT2D eigenvalue weighted by Gasteiger charge is 2.27. The molecule has 1 aliphatic rings. The van der Waals surface area contributed by atoms with Crippen LogP contribution in [0.3, 0.4) is 0 Å². The lowest BCUT2D eigenvalue weighted by Crippen LogP contribution is -2.42. The number of rotatable bonds is 12. The first kappa shape index (κ1) is 24.4. The van der Waals surface area contributed by atoms with Crippen molar-refractivity contribution >= 4 is 6.09 Å². The maximum atomic E-state index is 12.4. The average Bonchev–Trinajstić information content (AvgIpc) is 2.74. The van der Waals surface area contributed by atoms with E-state index in [9.17, 15) is 4.79 Å². The number of carbonyl (C=O) groups excluding carboxylic acids is 1. The highest BCUT2D eigenvalue weighted by molar-refractivity contribution is 5.70. The van der Waals surface area contributed by atoms with Gasteiger partial charge in [-0.15, -0.1) is 6.58 Å². The third-order valence-corrected chi connectivity index (χ3v) is 5.93. The second kappa shape index (κ2) is 13.5. The molecule has 1 aliphatic carbocycles. The maximum Gasteiger partial charge on any atom is 0.415 e. The number of benzene rings is 1. The number of carbonyl (C=O) groups is 1. The van der Waals surface area contributed by atoms with Crippen molar-refractivity contribution in [3.63, 3.8) is 0 Å². The van der Waals surface area contributed by atoms with Crippen LogP contribution in [0.2, 0.25) is 0 Å². The molecule has 0 heterocycles. The lowest BCUT2D eigenvalue weighted by atomic mass is 9.92. The van der Waals surface area contributed by atoms with Crippen molar-refractivity contribution in [3.05, 3.63) is 42.5 Å². The molecule has 0 aromatic heterocycles. The Balaban J connectivity index is 1.55. The van der Waals surface area contributed by atoms with Crippen LogP contribution in [-0.4, -0.2) is 61.8 Å². The summed E-state index contributed by atoms with van der Waals surface area (Å²) in [4.78, 5) is 16.5. The SMILES string of the molecule is C=CCN(C)CCCCCCO[C@H]1CC[C@H](N(C)C(=O)Oc2ccc(C)cc2)CC1. The number of ether oxygens (including phenoxy) is 2. The smallest absolute Gasteiger partial charge is 0.410 e. The third-order valence-electron chi connectivity index (χ3n) is 5.93. The summed E-state index contributed by atoms with van der Waals surface area (Å²) in [7, 11) is 3.98. The van der Waals surface area contributed by atoms with Crippen LogP contribution in [0.1, 0.15) is 56.9 Å². The molecule has 0 radical (unpaired) electrons. The molecule has 0 aliphatic heterocycles. The van der Waals surface area contributed by atoms with Crippen molar-refractivity contribution in [3.8, 4) is 5.75 Å². The van der Waals surface area contributed by atoms with E-state index in [1.165, 1.54) is 19.3 Å². The fourth-order valence-electron chi connectivity index (χ4n) is 3.93. The average molecular weight is 417 g/mol. The molecular weight excluding hydrogens is 376 g/mol. The van der Waals surface area contributed by atoms with Crippen molar-refractivity contribution in [2.24, 2.45) is 0 Å². The number of unbranched alkanes of at least 4 members (excludes halogenated alkanes) is 3. The molecule has 30 heavy (non-hydrogen) atoms. The fraction of sp³-hybridized carbons (Fsp3) is 0.640. The fourth-order valence-corrected chi connectivity index (χ4v) is 3.93. The first-order chi connectivity index (χ1) is 14.5. The molecule has 1 saturated carbocycles. The van der Waals surface area contributed by atoms with Crippen LogP contribution in [0.15, 0.2) is 36.9 Å². The predicted molar refractivity (Wildman–Crippen MR) is 123 cm³/mol. The summed E-state index contributed by atoms with van der Waals surface area (Å²) >= 11 is 0. The summed E-state index contributed by atoms with van der Waals surface area (Å²) in [5.74, 6) is 0.599. The number of hydrogen-bond acceptors (Lipinski definition) is 4. The Morgan fingerprint density at radius 1 is 1.07 bits per heavy atom. The Morgan fingerprint density at radius 2 is 1.73 bits per heavy atom. The molecule has 1 fully saturated rings. The molecule has 0 unspecified atom stereocenters. The molecule has 0 saturated heterocycles. The Hall–Kier alpha value is -1.85. The molecule has 0 atom stereocenters. The molecule has 5 nitrogen and oxygen atoms in total. The van der Waals surface area contributed by atoms with Gasteiger partial charge in [0.15, 0.2) is 0 Å². The number of amides is 1. The van der Waals surface area contributed by atoms with Gasteiger partial charge in [-0.1, -0.05) is 36.6 Å². The Kier molecular flexibility index (Phi) is 11.0. The number of hydrogen-bond donors (Lipinski definition) is 0. The van der Waals surface area contributed by atoms with Crippen molar-refractivity contribution < 1.29 is 14.3 Å². The van der Waals surface area contributed by atoms with Gasteiger partial charge < -0.3 is 19.3 Å². The second-order valence-electron chi connectivity index (χ2n) is 8.56. The van der Waals surface area contributed by atoms with Gasteiger partial charge in [0.2, 0.25) is 0 Å². The summed E-state index contributed by atoms with van der Waals surface area (Å²) in [6.07, 6.45) is 10.8. The van der Waals surface area contributed by atoms with Crippen molar-refractivity contribution in [2.75, 3.05) is 33.8 Å². The number of aryl methyl sites for hydroxylation is 1. The standard InChI is InChI=1S/C25H40N2O3/c1-5-18-26(3)19-8-6-7-9-20-29-23-16-12-22(13-17-23)27(4)25(28)30-24-14-10-21(2)11-15-24/h5,10-11,14-15,22-23H,1,6-9,12-13,16-20H2,2-4H3/t22-,23-. The van der Waals surface area contributed by atoms with E-state index in [-0.39, 0.29) is 12.1 Å². The van der Waals surface area contributed by atoms with Crippen LogP contribution in [0, 0.1) is 6.92 Å². The van der Waals surface area contributed by atoms with E-state index < -0.39 is 0 Å². The normalized spacial score (nSPS) is 18.9. The van der Waals surface area contributed by atoms with E-state index in [0.29, 0.717) is 11.9 Å². The summed E-state index contributed by atoms with van der Waals surface area (Å²) in [5, 5.41) is 0. The minimum Gasteiger partial charge on any atom is -0.410 e. The molecule has 0 bridgehead atoms. The first-order valence-corrected chi connectivity index (χ1v) is 11.4. The molecule has 1 amide bonds. The summed E-state index contributed by atoms with van der Waals surface area (Å²) in [6.45, 7) is 8.74. The minimum absolute atomic E-state index is 0.232. The Bertz CT molecular complexity index is 624. The summed E-state index contributed by atoms with van der Waals surface area (Å²) in [5.41, 5.74) is 1.15. The minimum atomic E-state index is -0.276. The molecule has 168 valence electrons. The Labute approximate surface area is 183 Å². The van der Waals surface area contributed by atoms with Gasteiger partial charge in [-0.05, 0) is 71.2 Å². The molecular formula is C25H40N2O3. The van der Waals surface area contributed by atoms with Gasteiger partial charge in [-0.25, -0.2) is 4.79 Å². The molecule has 0 spiro atoms. The van der Waals surface area contributed by atoms with Crippen LogP contribution in [-0.2, 0) is 4.74 Å². The van der Waals surface area contributed by atoms with Crippen LogP contribution >= 0.6 is 0 Å². The maximum absolute atomic E-state index is 12.4. The van der Waals surface area contributed by atoms with Gasteiger partial charge in [-0.2, -0.15) is 0 Å². The third kappa shape index (κ3) is 8.88. The van der Waals surface area contributed by atoms with Gasteiger partial charge in [-0.3, -0.25) is 0 Å². The van der Waals surface area contributed by atoms with E-state index >= 15 is 0 Å². The molecule has 1 aromatic rings. The zero-order valence-electron chi connectivity index (χ0n) is 19.1. The van der Waals surface area contributed by atoms with Crippen molar-refractivity contribution in [1.82, 2.24) is 9.80 Å². The summed E-state index contributed by atoms with van der Waals surface area (Å²) < 4.78 is 11.6. The number of likely N-dealkylation sites (N-methyl/N-ethyl adjacent to an activating group) is 1. The van der Waals surface area contributed by atoms with Crippen LogP contribution < -0.4 is 4.74 Å². The van der Waals surface area contributed by atoms with Gasteiger partial charge in [0.1, 0.15) is 5.75 Å². The van der Waals surface area contributed by atoms with E-state index in [4.69, 9.17) is 9.47 Å². The summed E-state index contributed by atoms with van der Waals surface area (Å²) in [6, 6.07) is 7.81. The van der Waals surface area contributed by atoms with Crippen molar-refractivity contribution in [2.45, 2.75) is 70.4 Å². The molecule has 2 rings (SSSR count). The van der Waals surface area contributed by atoms with Gasteiger partial charge in [0.05, 0.1) is 6.10 Å². The zero-order valence-corrected chi connectivity index (χ0v) is 19.1. The van der Waals surface area contributed by atoms with Gasteiger partial charge in [0.25, 0.3) is 0 Å². The van der Waals surface area contributed by atoms with E-state index in [2.05, 4.69) is 18.5 Å². The second-order valence-corrected chi connectivity index (χ2v) is 8.56. The molecule has 5 heteroatoms. The van der Waals surface area contributed by atoms with E-state index in [0.717, 1.165) is 57.4 Å². The van der Waals surface area contributed by atoms with Gasteiger partial charge >= 0.3 is 6.09 Å². The highest BCUT2D eigenvalue weighted by atomic mass is 16.6. The molecule has 1 aromatic carbocycles. The van der Waals surface area contributed by atoms with Crippen molar-refractivity contribution in [1.29, 1.82) is 0 Å². The Morgan fingerprint density at radius 3 is 2.40 bits per heavy atom.